The number of hydrogen-bond acceptors (Lipinski definition) is 2. The van der Waals surface area contributed by atoms with Gasteiger partial charge in [-0.15, -0.1) is 0 Å². The summed E-state index contributed by atoms with van der Waals surface area (Å²) >= 11 is 0. The molecular formula is C20H28N2. The third kappa shape index (κ3) is 2.57. The van der Waals surface area contributed by atoms with Crippen LogP contribution < -0.4 is 5.32 Å². The number of nitrogens with zero attached hydrogens (tertiary/aromatic N) is 1. The molecular weight excluding hydrogens is 268 g/mol. The first-order valence-electron chi connectivity index (χ1n) is 9.32. The molecule has 2 aliphatic carbocycles. The molecule has 0 saturated heterocycles. The van der Waals surface area contributed by atoms with E-state index >= 15 is 0 Å². The number of benzene rings is 1. The lowest BCUT2D eigenvalue weighted by Crippen LogP contribution is -2.47. The first-order valence-corrected chi connectivity index (χ1v) is 9.32. The Labute approximate surface area is 134 Å². The van der Waals surface area contributed by atoms with Crippen LogP contribution >= 0.6 is 0 Å². The van der Waals surface area contributed by atoms with Gasteiger partial charge in [0.1, 0.15) is 0 Å². The first kappa shape index (κ1) is 14.3. The fourth-order valence-corrected chi connectivity index (χ4v) is 4.92. The Kier molecular flexibility index (Phi) is 3.94. The molecule has 1 aromatic carbocycles. The Bertz CT molecular complexity index is 553. The van der Waals surface area contributed by atoms with Crippen molar-refractivity contribution < 1.29 is 0 Å². The number of fused-ring (bicyclic) bond motifs is 3. The molecule has 0 radical (unpaired) electrons. The summed E-state index contributed by atoms with van der Waals surface area (Å²) in [6.07, 6.45) is 14.8. The highest BCUT2D eigenvalue weighted by Gasteiger charge is 2.43. The maximum Gasteiger partial charge on any atom is 0.0860 e. The molecule has 1 N–H and O–H groups in total. The molecule has 22 heavy (non-hydrogen) atoms. The Hall–Kier alpha value is -1.31. The molecule has 3 aliphatic rings. The van der Waals surface area contributed by atoms with Crippen molar-refractivity contribution in [3.8, 4) is 0 Å². The van der Waals surface area contributed by atoms with Crippen LogP contribution in [0.2, 0.25) is 0 Å². The predicted molar refractivity (Wildman–Crippen MR) is 94.2 cm³/mol. The summed E-state index contributed by atoms with van der Waals surface area (Å²) in [4.78, 5) is 5.16. The van der Waals surface area contributed by atoms with Gasteiger partial charge in [-0.25, -0.2) is 0 Å². The molecule has 1 spiro atoms. The molecule has 118 valence electrons. The van der Waals surface area contributed by atoms with Crippen LogP contribution in [-0.2, 0) is 0 Å². The van der Waals surface area contributed by atoms with Crippen LogP contribution in [0.15, 0.2) is 29.3 Å². The minimum atomic E-state index is 0.270. The minimum Gasteiger partial charge on any atom is -0.377 e. The van der Waals surface area contributed by atoms with Crippen LogP contribution in [0.25, 0.3) is 0 Å². The summed E-state index contributed by atoms with van der Waals surface area (Å²) in [7, 11) is 0. The molecule has 0 aromatic heterocycles. The zero-order valence-electron chi connectivity index (χ0n) is 13.6. The van der Waals surface area contributed by atoms with Gasteiger partial charge in [-0.2, -0.15) is 0 Å². The lowest BCUT2D eigenvalue weighted by atomic mass is 9.73. The van der Waals surface area contributed by atoms with Crippen molar-refractivity contribution in [1.29, 1.82) is 0 Å². The van der Waals surface area contributed by atoms with Gasteiger partial charge in [-0.05, 0) is 44.2 Å². The lowest BCUT2D eigenvalue weighted by molar-refractivity contribution is 0.312. The number of rotatable bonds is 0. The van der Waals surface area contributed by atoms with Crippen LogP contribution in [0.1, 0.15) is 70.6 Å². The molecule has 1 aliphatic heterocycles. The van der Waals surface area contributed by atoms with E-state index in [1.54, 1.807) is 0 Å². The normalized spacial score (nSPS) is 27.5. The molecule has 1 atom stereocenters. The highest BCUT2D eigenvalue weighted by Crippen LogP contribution is 2.45. The number of hydrogen-bond donors (Lipinski definition) is 1. The van der Waals surface area contributed by atoms with Crippen LogP contribution in [-0.4, -0.2) is 11.3 Å². The monoisotopic (exact) mass is 296 g/mol. The number of para-hydroxylation sites is 2. The van der Waals surface area contributed by atoms with Crippen molar-refractivity contribution in [2.45, 2.75) is 76.2 Å². The average molecular weight is 296 g/mol. The molecule has 2 saturated carbocycles. The summed E-state index contributed by atoms with van der Waals surface area (Å²) < 4.78 is 0. The van der Waals surface area contributed by atoms with E-state index in [4.69, 9.17) is 4.99 Å². The van der Waals surface area contributed by atoms with Gasteiger partial charge >= 0.3 is 0 Å². The number of nitrogens with one attached hydrogen (secondary N) is 1. The minimum absolute atomic E-state index is 0.270. The van der Waals surface area contributed by atoms with Gasteiger partial charge in [0.15, 0.2) is 0 Å². The van der Waals surface area contributed by atoms with Crippen molar-refractivity contribution in [2.24, 2.45) is 10.9 Å². The first-order chi connectivity index (χ1) is 10.9. The lowest BCUT2D eigenvalue weighted by Gasteiger charge is -2.41. The van der Waals surface area contributed by atoms with Gasteiger partial charge in [0.25, 0.3) is 0 Å². The second-order valence-corrected chi connectivity index (χ2v) is 7.47. The van der Waals surface area contributed by atoms with E-state index in [9.17, 15) is 0 Å². The summed E-state index contributed by atoms with van der Waals surface area (Å²) in [5.41, 5.74) is 4.21. The Morgan fingerprint density at radius 3 is 2.55 bits per heavy atom. The second-order valence-electron chi connectivity index (χ2n) is 7.47. The predicted octanol–water partition coefficient (Wildman–Crippen LogP) is 5.86. The summed E-state index contributed by atoms with van der Waals surface area (Å²) in [6.45, 7) is 0. The highest BCUT2D eigenvalue weighted by atomic mass is 15.0. The van der Waals surface area contributed by atoms with E-state index in [-0.39, 0.29) is 5.54 Å². The van der Waals surface area contributed by atoms with E-state index in [1.807, 2.05) is 0 Å². The largest absolute Gasteiger partial charge is 0.377 e. The Morgan fingerprint density at radius 2 is 1.68 bits per heavy atom. The average Bonchev–Trinajstić information content (AvgIpc) is 2.94. The van der Waals surface area contributed by atoms with E-state index in [0.29, 0.717) is 5.92 Å². The van der Waals surface area contributed by atoms with Gasteiger partial charge in [0.2, 0.25) is 0 Å². The second kappa shape index (κ2) is 6.06. The molecule has 1 unspecified atom stereocenters. The van der Waals surface area contributed by atoms with E-state index in [1.165, 1.54) is 87.7 Å². The molecule has 0 bridgehead atoms. The zero-order valence-corrected chi connectivity index (χ0v) is 13.6. The molecule has 2 nitrogen and oxygen atoms in total. The van der Waals surface area contributed by atoms with Crippen LogP contribution in [0.3, 0.4) is 0 Å². The van der Waals surface area contributed by atoms with Gasteiger partial charge < -0.3 is 5.32 Å². The van der Waals surface area contributed by atoms with Crippen LogP contribution in [0.4, 0.5) is 11.4 Å². The zero-order chi connectivity index (χ0) is 14.8. The number of aliphatic imine (C=N–C) groups is 1. The van der Waals surface area contributed by atoms with Gasteiger partial charge in [-0.3, -0.25) is 4.99 Å². The van der Waals surface area contributed by atoms with Crippen LogP contribution in [0.5, 0.6) is 0 Å². The van der Waals surface area contributed by atoms with E-state index in [2.05, 4.69) is 29.6 Å². The van der Waals surface area contributed by atoms with Gasteiger partial charge in [0.05, 0.1) is 11.4 Å². The smallest absolute Gasteiger partial charge is 0.0860 e. The topological polar surface area (TPSA) is 24.4 Å². The van der Waals surface area contributed by atoms with Crippen molar-refractivity contribution in [3.05, 3.63) is 24.3 Å². The standard InChI is InChI=1S/C20H28N2/c1-2-9-15-20(14-8-1)16-10-4-3-5-11-17(16)21-18-12-6-7-13-19(18)22-20/h6-7,12-13,16,22H,1-5,8-11,14-15H2. The third-order valence-electron chi connectivity index (χ3n) is 6.04. The van der Waals surface area contributed by atoms with Gasteiger partial charge in [-0.1, -0.05) is 50.7 Å². The Balaban J connectivity index is 1.81. The maximum absolute atomic E-state index is 5.16. The molecule has 0 amide bonds. The van der Waals surface area contributed by atoms with Crippen LogP contribution in [0, 0.1) is 5.92 Å². The number of anilines is 1. The van der Waals surface area contributed by atoms with E-state index < -0.39 is 0 Å². The summed E-state index contributed by atoms with van der Waals surface area (Å²) in [5, 5.41) is 4.03. The molecule has 2 fully saturated rings. The maximum atomic E-state index is 5.16. The fraction of sp³-hybridized carbons (Fsp3) is 0.650. The molecule has 1 aromatic rings. The van der Waals surface area contributed by atoms with Crippen molar-refractivity contribution in [2.75, 3.05) is 5.32 Å². The molecule has 1 heterocycles. The van der Waals surface area contributed by atoms with E-state index in [0.717, 1.165) is 0 Å². The molecule has 2 heteroatoms. The highest BCUT2D eigenvalue weighted by molar-refractivity contribution is 5.94. The summed E-state index contributed by atoms with van der Waals surface area (Å²) in [5.74, 6) is 0.653. The summed E-state index contributed by atoms with van der Waals surface area (Å²) in [6, 6.07) is 8.70. The fourth-order valence-electron chi connectivity index (χ4n) is 4.92. The SMILES string of the molecule is c1ccc2c(c1)N=C1CCCCCC1C1(CCCCCC1)N2. The van der Waals surface area contributed by atoms with Crippen molar-refractivity contribution in [3.63, 3.8) is 0 Å². The molecule has 4 rings (SSSR count). The van der Waals surface area contributed by atoms with Gasteiger partial charge in [0, 0.05) is 17.2 Å². The quantitative estimate of drug-likeness (QED) is 0.637. The van der Waals surface area contributed by atoms with Crippen molar-refractivity contribution in [1.82, 2.24) is 0 Å². The van der Waals surface area contributed by atoms with Crippen molar-refractivity contribution >= 4 is 17.1 Å². The third-order valence-corrected chi connectivity index (χ3v) is 6.04. The Morgan fingerprint density at radius 1 is 0.909 bits per heavy atom.